The van der Waals surface area contributed by atoms with Crippen molar-refractivity contribution in [3.05, 3.63) is 121 Å². The average Bonchev–Trinajstić information content (AvgIpc) is 3.47. The van der Waals surface area contributed by atoms with Gasteiger partial charge < -0.3 is 14.4 Å². The van der Waals surface area contributed by atoms with Gasteiger partial charge in [-0.2, -0.15) is 0 Å². The van der Waals surface area contributed by atoms with E-state index >= 15 is 0 Å². The SMILES string of the molecule is c1ccc(N(c2cccc(C34CC5CC(C3)C(C5)C4)c2)c2cc3c4c(c2)Oc2ccccc2B4c2ccccc2O3)cc1. The molecule has 0 saturated heterocycles. The van der Waals surface area contributed by atoms with Gasteiger partial charge in [-0.25, -0.2) is 0 Å². The lowest BCUT2D eigenvalue weighted by Gasteiger charge is -2.39. The van der Waals surface area contributed by atoms with Crippen molar-refractivity contribution in [2.45, 2.75) is 37.5 Å². The zero-order valence-corrected chi connectivity index (χ0v) is 24.1. The number of rotatable bonds is 4. The first-order valence-corrected chi connectivity index (χ1v) is 15.9. The predicted molar refractivity (Wildman–Crippen MR) is 174 cm³/mol. The third kappa shape index (κ3) is 3.50. The first-order chi connectivity index (χ1) is 21.2. The molecule has 2 unspecified atom stereocenters. The van der Waals surface area contributed by atoms with Crippen LogP contribution in [0, 0.1) is 17.8 Å². The van der Waals surface area contributed by atoms with Crippen LogP contribution in [0.5, 0.6) is 23.0 Å². The van der Waals surface area contributed by atoms with Gasteiger partial charge in [0.1, 0.15) is 23.0 Å². The van der Waals surface area contributed by atoms with Crippen molar-refractivity contribution in [2.75, 3.05) is 4.90 Å². The Hall–Kier alpha value is -4.44. The molecule has 0 aromatic heterocycles. The summed E-state index contributed by atoms with van der Waals surface area (Å²) < 4.78 is 13.3. The van der Waals surface area contributed by atoms with Gasteiger partial charge in [-0.15, -0.1) is 0 Å². The fraction of sp³-hybridized carbons (Fsp3) is 0.231. The van der Waals surface area contributed by atoms with Gasteiger partial charge in [-0.05, 0) is 108 Å². The van der Waals surface area contributed by atoms with E-state index in [0.29, 0.717) is 5.41 Å². The highest BCUT2D eigenvalue weighted by atomic mass is 16.5. The van der Waals surface area contributed by atoms with Gasteiger partial charge in [0, 0.05) is 29.0 Å². The Bertz CT molecular complexity index is 1830. The molecule has 4 saturated carbocycles. The molecule has 43 heavy (non-hydrogen) atoms. The highest BCUT2D eigenvalue weighted by molar-refractivity contribution is 6.98. The smallest absolute Gasteiger partial charge is 0.260 e. The quantitative estimate of drug-likeness (QED) is 0.205. The second-order valence-electron chi connectivity index (χ2n) is 13.5. The molecule has 208 valence electrons. The van der Waals surface area contributed by atoms with Gasteiger partial charge in [0.05, 0.1) is 5.69 Å². The first kappa shape index (κ1) is 24.1. The Kier molecular flexibility index (Phi) is 4.92. The van der Waals surface area contributed by atoms with E-state index in [4.69, 9.17) is 9.47 Å². The largest absolute Gasteiger partial charge is 0.458 e. The van der Waals surface area contributed by atoms with Crippen LogP contribution in [0.3, 0.4) is 0 Å². The molecule has 2 heterocycles. The minimum Gasteiger partial charge on any atom is -0.458 e. The number of hydrogen-bond acceptors (Lipinski definition) is 3. The van der Waals surface area contributed by atoms with Crippen LogP contribution in [0.15, 0.2) is 115 Å². The van der Waals surface area contributed by atoms with Crippen molar-refractivity contribution >= 4 is 40.2 Å². The predicted octanol–water partition coefficient (Wildman–Crippen LogP) is 7.96. The first-order valence-electron chi connectivity index (χ1n) is 15.9. The van der Waals surface area contributed by atoms with Crippen molar-refractivity contribution < 1.29 is 9.47 Å². The molecule has 0 radical (unpaired) electrons. The topological polar surface area (TPSA) is 21.7 Å². The minimum atomic E-state index is 0.0783. The lowest BCUT2D eigenvalue weighted by molar-refractivity contribution is 0.229. The molecule has 0 amide bonds. The number of hydrogen-bond donors (Lipinski definition) is 0. The lowest BCUT2D eigenvalue weighted by Crippen LogP contribution is -2.57. The maximum atomic E-state index is 6.67. The van der Waals surface area contributed by atoms with Crippen molar-refractivity contribution in [2.24, 2.45) is 17.8 Å². The van der Waals surface area contributed by atoms with Gasteiger partial charge in [-0.3, -0.25) is 0 Å². The Morgan fingerprint density at radius 3 is 1.81 bits per heavy atom. The van der Waals surface area contributed by atoms with Crippen LogP contribution < -0.4 is 30.8 Å². The molecule has 6 aliphatic rings. The molecule has 2 atom stereocenters. The molecule has 4 aliphatic carbocycles. The number of benzene rings is 5. The van der Waals surface area contributed by atoms with E-state index in [9.17, 15) is 0 Å². The van der Waals surface area contributed by atoms with E-state index in [1.165, 1.54) is 54.3 Å². The number of nitrogens with zero attached hydrogens (tertiary/aromatic N) is 1. The number of anilines is 3. The summed E-state index contributed by atoms with van der Waals surface area (Å²) in [6, 6.07) is 41.5. The molecule has 2 aliphatic heterocycles. The maximum absolute atomic E-state index is 6.67. The van der Waals surface area contributed by atoms with Gasteiger partial charge in [0.25, 0.3) is 6.71 Å². The molecular formula is C39H32BNO2. The average molecular weight is 558 g/mol. The molecule has 5 aromatic rings. The molecule has 3 nitrogen and oxygen atoms in total. The summed E-state index contributed by atoms with van der Waals surface area (Å²) in [5, 5.41) is 0. The summed E-state index contributed by atoms with van der Waals surface area (Å²) in [5.74, 6) is 6.37. The van der Waals surface area contributed by atoms with Crippen LogP contribution in [-0.2, 0) is 5.41 Å². The van der Waals surface area contributed by atoms with Crippen LogP contribution >= 0.6 is 0 Å². The highest BCUT2D eigenvalue weighted by Crippen LogP contribution is 2.65. The highest BCUT2D eigenvalue weighted by Gasteiger charge is 2.56. The van der Waals surface area contributed by atoms with Crippen LogP contribution in [0.4, 0.5) is 17.1 Å². The summed E-state index contributed by atoms with van der Waals surface area (Å²) in [6.07, 6.45) is 7.03. The van der Waals surface area contributed by atoms with Gasteiger partial charge in [-0.1, -0.05) is 66.7 Å². The van der Waals surface area contributed by atoms with Crippen molar-refractivity contribution in [1.29, 1.82) is 0 Å². The van der Waals surface area contributed by atoms with E-state index in [2.05, 4.69) is 120 Å². The molecule has 0 N–H and O–H groups in total. The van der Waals surface area contributed by atoms with E-state index < -0.39 is 0 Å². The van der Waals surface area contributed by atoms with Crippen LogP contribution in [0.2, 0.25) is 0 Å². The van der Waals surface area contributed by atoms with E-state index in [1.54, 1.807) is 0 Å². The zero-order chi connectivity index (χ0) is 28.1. The normalized spacial score (nSPS) is 24.9. The van der Waals surface area contributed by atoms with E-state index in [1.807, 2.05) is 0 Å². The minimum absolute atomic E-state index is 0.0783. The van der Waals surface area contributed by atoms with Gasteiger partial charge in [0.2, 0.25) is 0 Å². The number of ether oxygens (including phenoxy) is 2. The fourth-order valence-corrected chi connectivity index (χ4v) is 9.67. The van der Waals surface area contributed by atoms with Crippen molar-refractivity contribution in [3.63, 3.8) is 0 Å². The summed E-state index contributed by atoms with van der Waals surface area (Å²) in [6.45, 7) is 0.0783. The number of para-hydroxylation sites is 3. The second kappa shape index (κ2) is 8.80. The molecular weight excluding hydrogens is 525 g/mol. The number of fused-ring (bicyclic) bond motifs is 4. The lowest BCUT2D eigenvalue weighted by atomic mass is 9.35. The molecule has 11 rings (SSSR count). The van der Waals surface area contributed by atoms with Gasteiger partial charge in [0.15, 0.2) is 0 Å². The summed E-state index contributed by atoms with van der Waals surface area (Å²) in [7, 11) is 0. The monoisotopic (exact) mass is 557 g/mol. The van der Waals surface area contributed by atoms with Crippen LogP contribution in [-0.4, -0.2) is 6.71 Å². The third-order valence-corrected chi connectivity index (χ3v) is 11.2. The van der Waals surface area contributed by atoms with Gasteiger partial charge >= 0.3 is 0 Å². The second-order valence-corrected chi connectivity index (χ2v) is 13.5. The van der Waals surface area contributed by atoms with Crippen LogP contribution in [0.25, 0.3) is 0 Å². The Morgan fingerprint density at radius 2 is 1.16 bits per heavy atom. The summed E-state index contributed by atoms with van der Waals surface area (Å²) >= 11 is 0. The molecule has 5 aromatic carbocycles. The Morgan fingerprint density at radius 1 is 0.558 bits per heavy atom. The fourth-order valence-electron chi connectivity index (χ4n) is 9.67. The molecule has 4 bridgehead atoms. The maximum Gasteiger partial charge on any atom is 0.260 e. The molecule has 4 heteroatoms. The van der Waals surface area contributed by atoms with E-state index in [0.717, 1.165) is 57.6 Å². The van der Waals surface area contributed by atoms with Crippen molar-refractivity contribution in [3.8, 4) is 23.0 Å². The summed E-state index contributed by atoms with van der Waals surface area (Å²) in [4.78, 5) is 2.38. The molecule has 0 spiro atoms. The van der Waals surface area contributed by atoms with Crippen LogP contribution in [0.1, 0.15) is 37.7 Å². The molecule has 4 fully saturated rings. The Labute approximate surface area is 253 Å². The summed E-state index contributed by atoms with van der Waals surface area (Å²) in [5.41, 5.74) is 8.73. The van der Waals surface area contributed by atoms with E-state index in [-0.39, 0.29) is 6.71 Å². The standard InChI is InChI=1S/C39H32BNO2/c1-2-10-29(11-3-1)41(30-12-8-9-28(19-30)39-22-25-17-26(23-39)27(18-25)24-39)31-20-36-38-37(21-31)43-35-16-7-5-14-33(35)40(38)32-13-4-6-15-34(32)42-36/h1-16,19-21,25-27H,17-18,22-24H2. The zero-order valence-electron chi connectivity index (χ0n) is 24.1. The Balaban J connectivity index is 1.14. The van der Waals surface area contributed by atoms with Crippen molar-refractivity contribution in [1.82, 2.24) is 0 Å². The third-order valence-electron chi connectivity index (χ3n) is 11.2.